The van der Waals surface area contributed by atoms with Crippen molar-refractivity contribution in [2.24, 2.45) is 0 Å². The van der Waals surface area contributed by atoms with Gasteiger partial charge in [-0.1, -0.05) is 25.5 Å². The fourth-order valence-electron chi connectivity index (χ4n) is 2.48. The molecule has 7 heteroatoms. The van der Waals surface area contributed by atoms with E-state index in [2.05, 4.69) is 5.32 Å². The minimum atomic E-state index is -3.70. The smallest absolute Gasteiger partial charge is 0.335 e. The zero-order chi connectivity index (χ0) is 18.6. The summed E-state index contributed by atoms with van der Waals surface area (Å²) in [6, 6.07) is 7.98. The van der Waals surface area contributed by atoms with Gasteiger partial charge in [0.1, 0.15) is 5.82 Å². The molecule has 134 valence electrons. The van der Waals surface area contributed by atoms with E-state index < -0.39 is 21.6 Å². The van der Waals surface area contributed by atoms with Crippen LogP contribution in [0.5, 0.6) is 0 Å². The molecule has 0 aliphatic rings. The van der Waals surface area contributed by atoms with Crippen molar-refractivity contribution in [3.05, 3.63) is 47.8 Å². The van der Waals surface area contributed by atoms with E-state index in [1.807, 2.05) is 6.92 Å². The maximum absolute atomic E-state index is 13.2. The number of anilines is 1. The van der Waals surface area contributed by atoms with E-state index in [1.54, 1.807) is 0 Å². The third kappa shape index (κ3) is 4.57. The SMILES string of the molecule is CCCCNc1cc(C(=O)O)cc(S(C)(=O)=O)c1-c1ccc(F)cc1. The lowest BCUT2D eigenvalue weighted by Crippen LogP contribution is -2.10. The van der Waals surface area contributed by atoms with Crippen LogP contribution < -0.4 is 5.32 Å². The number of carboxylic acid groups (broad SMARTS) is 1. The summed E-state index contributed by atoms with van der Waals surface area (Å²) < 4.78 is 37.8. The molecule has 2 rings (SSSR count). The van der Waals surface area contributed by atoms with Gasteiger partial charge in [0.05, 0.1) is 10.5 Å². The maximum atomic E-state index is 13.2. The Labute approximate surface area is 146 Å². The Morgan fingerprint density at radius 2 is 1.84 bits per heavy atom. The average Bonchev–Trinajstić information content (AvgIpc) is 2.54. The Balaban J connectivity index is 2.74. The van der Waals surface area contributed by atoms with Gasteiger partial charge < -0.3 is 10.4 Å². The molecule has 0 bridgehead atoms. The fraction of sp³-hybridized carbons (Fsp3) is 0.278. The number of rotatable bonds is 7. The monoisotopic (exact) mass is 365 g/mol. The van der Waals surface area contributed by atoms with Crippen molar-refractivity contribution in [1.29, 1.82) is 0 Å². The number of unbranched alkanes of at least 4 members (excludes halogenated alkanes) is 1. The molecule has 0 aliphatic heterocycles. The number of carboxylic acids is 1. The lowest BCUT2D eigenvalue weighted by atomic mass is 10.0. The molecule has 0 aliphatic carbocycles. The van der Waals surface area contributed by atoms with E-state index in [-0.39, 0.29) is 10.5 Å². The van der Waals surface area contributed by atoms with Gasteiger partial charge in [-0.15, -0.1) is 0 Å². The number of sulfone groups is 1. The van der Waals surface area contributed by atoms with Gasteiger partial charge in [-0.2, -0.15) is 0 Å². The van der Waals surface area contributed by atoms with Crippen molar-refractivity contribution in [2.75, 3.05) is 18.1 Å². The van der Waals surface area contributed by atoms with Crippen molar-refractivity contribution < 1.29 is 22.7 Å². The van der Waals surface area contributed by atoms with Crippen LogP contribution >= 0.6 is 0 Å². The molecule has 0 atom stereocenters. The summed E-state index contributed by atoms with van der Waals surface area (Å²) in [5.74, 6) is -1.65. The first-order chi connectivity index (χ1) is 11.7. The topological polar surface area (TPSA) is 83.5 Å². The predicted molar refractivity (Wildman–Crippen MR) is 95.3 cm³/mol. The van der Waals surface area contributed by atoms with Gasteiger partial charge >= 0.3 is 5.97 Å². The molecular formula is C18H20FNO4S. The molecule has 0 saturated heterocycles. The predicted octanol–water partition coefficient (Wildman–Crippen LogP) is 3.81. The molecule has 2 aromatic rings. The number of hydrogen-bond donors (Lipinski definition) is 2. The molecule has 0 fully saturated rings. The Hall–Kier alpha value is -2.41. The van der Waals surface area contributed by atoms with Gasteiger partial charge in [-0.3, -0.25) is 0 Å². The van der Waals surface area contributed by atoms with Crippen LogP contribution in [-0.4, -0.2) is 32.3 Å². The van der Waals surface area contributed by atoms with E-state index >= 15 is 0 Å². The fourth-order valence-corrected chi connectivity index (χ4v) is 3.42. The Morgan fingerprint density at radius 1 is 1.20 bits per heavy atom. The first-order valence-electron chi connectivity index (χ1n) is 7.85. The summed E-state index contributed by atoms with van der Waals surface area (Å²) in [5, 5.41) is 12.4. The number of carbonyl (C=O) groups is 1. The minimum Gasteiger partial charge on any atom is -0.478 e. The Morgan fingerprint density at radius 3 is 2.36 bits per heavy atom. The van der Waals surface area contributed by atoms with Gasteiger partial charge in [-0.05, 0) is 36.2 Å². The van der Waals surface area contributed by atoms with E-state index in [0.717, 1.165) is 25.2 Å². The molecule has 0 aromatic heterocycles. The van der Waals surface area contributed by atoms with Gasteiger partial charge in [0, 0.05) is 24.1 Å². The lowest BCUT2D eigenvalue weighted by molar-refractivity contribution is 0.0696. The van der Waals surface area contributed by atoms with Crippen LogP contribution in [-0.2, 0) is 9.84 Å². The zero-order valence-corrected chi connectivity index (χ0v) is 14.9. The lowest BCUT2D eigenvalue weighted by Gasteiger charge is -2.17. The van der Waals surface area contributed by atoms with Gasteiger partial charge in [0.2, 0.25) is 0 Å². The standard InChI is InChI=1S/C18H20FNO4S/c1-3-4-9-20-15-10-13(18(21)22)11-16(25(2,23)24)17(15)12-5-7-14(19)8-6-12/h5-8,10-11,20H,3-4,9H2,1-2H3,(H,21,22). The second-order valence-corrected chi connectivity index (χ2v) is 7.75. The molecule has 0 heterocycles. The number of hydrogen-bond acceptors (Lipinski definition) is 4. The van der Waals surface area contributed by atoms with Crippen LogP contribution in [0, 0.1) is 5.82 Å². The molecule has 25 heavy (non-hydrogen) atoms. The molecule has 0 unspecified atom stereocenters. The van der Waals surface area contributed by atoms with Crippen LogP contribution in [0.4, 0.5) is 10.1 Å². The van der Waals surface area contributed by atoms with Crippen LogP contribution in [0.3, 0.4) is 0 Å². The van der Waals surface area contributed by atoms with Crippen LogP contribution in [0.1, 0.15) is 30.1 Å². The molecule has 0 amide bonds. The van der Waals surface area contributed by atoms with E-state index in [0.29, 0.717) is 23.4 Å². The van der Waals surface area contributed by atoms with E-state index in [9.17, 15) is 22.7 Å². The summed E-state index contributed by atoms with van der Waals surface area (Å²) in [6.45, 7) is 2.58. The van der Waals surface area contributed by atoms with Crippen LogP contribution in [0.2, 0.25) is 0 Å². The van der Waals surface area contributed by atoms with Crippen molar-refractivity contribution in [3.8, 4) is 11.1 Å². The van der Waals surface area contributed by atoms with Crippen LogP contribution in [0.25, 0.3) is 11.1 Å². The number of nitrogens with one attached hydrogen (secondary N) is 1. The number of benzene rings is 2. The summed E-state index contributed by atoms with van der Waals surface area (Å²) in [4.78, 5) is 11.3. The highest BCUT2D eigenvalue weighted by Gasteiger charge is 2.22. The third-order valence-electron chi connectivity index (χ3n) is 3.73. The van der Waals surface area contributed by atoms with Crippen molar-refractivity contribution in [3.63, 3.8) is 0 Å². The van der Waals surface area contributed by atoms with Gasteiger partial charge in [0.25, 0.3) is 0 Å². The van der Waals surface area contributed by atoms with Crippen molar-refractivity contribution in [1.82, 2.24) is 0 Å². The highest BCUT2D eigenvalue weighted by molar-refractivity contribution is 7.90. The molecular weight excluding hydrogens is 345 g/mol. The van der Waals surface area contributed by atoms with Gasteiger partial charge in [-0.25, -0.2) is 17.6 Å². The van der Waals surface area contributed by atoms with Crippen molar-refractivity contribution in [2.45, 2.75) is 24.7 Å². The summed E-state index contributed by atoms with van der Waals surface area (Å²) in [5.41, 5.74) is 1.13. The Kier molecular flexibility index (Phi) is 5.79. The van der Waals surface area contributed by atoms with E-state index in [1.165, 1.54) is 30.3 Å². The number of aromatic carboxylic acids is 1. The van der Waals surface area contributed by atoms with Crippen molar-refractivity contribution >= 4 is 21.5 Å². The molecule has 0 spiro atoms. The molecule has 5 nitrogen and oxygen atoms in total. The average molecular weight is 365 g/mol. The normalized spacial score (nSPS) is 11.3. The highest BCUT2D eigenvalue weighted by atomic mass is 32.2. The third-order valence-corrected chi connectivity index (χ3v) is 4.85. The maximum Gasteiger partial charge on any atom is 0.335 e. The molecule has 2 N–H and O–H groups in total. The second kappa shape index (κ2) is 7.65. The molecule has 0 saturated carbocycles. The zero-order valence-electron chi connectivity index (χ0n) is 14.0. The second-order valence-electron chi connectivity index (χ2n) is 5.76. The summed E-state index contributed by atoms with van der Waals surface area (Å²) in [7, 11) is -3.70. The quantitative estimate of drug-likeness (QED) is 0.729. The van der Waals surface area contributed by atoms with E-state index in [4.69, 9.17) is 0 Å². The summed E-state index contributed by atoms with van der Waals surface area (Å²) >= 11 is 0. The minimum absolute atomic E-state index is 0.0991. The Bertz CT molecular complexity index is 877. The largest absolute Gasteiger partial charge is 0.478 e. The van der Waals surface area contributed by atoms with Gasteiger partial charge in [0.15, 0.2) is 9.84 Å². The molecule has 2 aromatic carbocycles. The summed E-state index contributed by atoms with van der Waals surface area (Å²) in [6.07, 6.45) is 2.79. The van der Waals surface area contributed by atoms with Crippen LogP contribution in [0.15, 0.2) is 41.3 Å². The first kappa shape index (κ1) is 18.9. The highest BCUT2D eigenvalue weighted by Crippen LogP contribution is 2.36. The first-order valence-corrected chi connectivity index (χ1v) is 9.74. The number of halogens is 1. The molecule has 0 radical (unpaired) electrons.